The van der Waals surface area contributed by atoms with Crippen molar-refractivity contribution in [3.05, 3.63) is 65.7 Å². The van der Waals surface area contributed by atoms with Crippen LogP contribution >= 0.6 is 0 Å². The molecule has 2 amide bonds. The number of carbonyl (C=O) groups is 2. The monoisotopic (exact) mass is 338 g/mol. The second-order valence-corrected chi connectivity index (χ2v) is 6.06. The van der Waals surface area contributed by atoms with E-state index in [4.69, 9.17) is 4.74 Å². The van der Waals surface area contributed by atoms with Crippen LogP contribution in [0.15, 0.2) is 54.6 Å². The number of benzene rings is 2. The summed E-state index contributed by atoms with van der Waals surface area (Å²) in [7, 11) is 1.50. The minimum atomic E-state index is -0.726. The highest BCUT2D eigenvalue weighted by atomic mass is 16.5. The van der Waals surface area contributed by atoms with Gasteiger partial charge in [0.25, 0.3) is 11.8 Å². The molecule has 3 rings (SSSR count). The number of para-hydroxylation sites is 1. The van der Waals surface area contributed by atoms with Crippen LogP contribution in [0.2, 0.25) is 0 Å². The molecule has 0 spiro atoms. The van der Waals surface area contributed by atoms with Crippen LogP contribution in [0, 0.1) is 0 Å². The first-order valence-electron chi connectivity index (χ1n) is 8.47. The standard InChI is InChI=1S/C20H22N2O3/c1-25-18(15-9-3-2-4-10-15)19(23)21-17-12-6-5-11-16(17)20(24)22-13-7-8-14-22/h2-6,9-12,18H,7-8,13-14H2,1H3,(H,21,23)/t18-/m0/s1. The Balaban J connectivity index is 1.80. The predicted molar refractivity (Wildman–Crippen MR) is 96.4 cm³/mol. The molecule has 5 heteroatoms. The molecule has 0 radical (unpaired) electrons. The van der Waals surface area contributed by atoms with Gasteiger partial charge in [-0.25, -0.2) is 0 Å². The third-order valence-electron chi connectivity index (χ3n) is 4.38. The normalized spacial score (nSPS) is 15.0. The SMILES string of the molecule is CO[C@H](C(=O)Nc1ccccc1C(=O)N1CCCC1)c1ccccc1. The number of likely N-dealkylation sites (tertiary alicyclic amines) is 1. The van der Waals surface area contributed by atoms with E-state index >= 15 is 0 Å². The maximum absolute atomic E-state index is 12.7. The molecule has 1 N–H and O–H groups in total. The summed E-state index contributed by atoms with van der Waals surface area (Å²) < 4.78 is 5.36. The Bertz CT molecular complexity index is 740. The van der Waals surface area contributed by atoms with Crippen molar-refractivity contribution in [2.45, 2.75) is 18.9 Å². The van der Waals surface area contributed by atoms with Gasteiger partial charge in [0, 0.05) is 20.2 Å². The number of rotatable bonds is 5. The van der Waals surface area contributed by atoms with Crippen molar-refractivity contribution in [3.8, 4) is 0 Å². The van der Waals surface area contributed by atoms with E-state index in [1.165, 1.54) is 7.11 Å². The van der Waals surface area contributed by atoms with E-state index in [0.717, 1.165) is 31.5 Å². The first kappa shape index (κ1) is 17.2. The lowest BCUT2D eigenvalue weighted by Crippen LogP contribution is -2.29. The lowest BCUT2D eigenvalue weighted by atomic mass is 10.1. The molecule has 0 aliphatic carbocycles. The van der Waals surface area contributed by atoms with Crippen molar-refractivity contribution in [2.75, 3.05) is 25.5 Å². The molecule has 25 heavy (non-hydrogen) atoms. The number of hydrogen-bond donors (Lipinski definition) is 1. The van der Waals surface area contributed by atoms with Crippen molar-refractivity contribution in [2.24, 2.45) is 0 Å². The number of methoxy groups -OCH3 is 1. The lowest BCUT2D eigenvalue weighted by Gasteiger charge is -2.20. The van der Waals surface area contributed by atoms with Gasteiger partial charge in [-0.15, -0.1) is 0 Å². The molecule has 1 heterocycles. The quantitative estimate of drug-likeness (QED) is 0.910. The zero-order valence-corrected chi connectivity index (χ0v) is 14.3. The Morgan fingerprint density at radius 1 is 1.00 bits per heavy atom. The summed E-state index contributed by atoms with van der Waals surface area (Å²) in [4.78, 5) is 27.2. The molecule has 1 aliphatic rings. The van der Waals surface area contributed by atoms with E-state index in [1.54, 1.807) is 18.2 Å². The molecule has 2 aromatic carbocycles. The van der Waals surface area contributed by atoms with Crippen LogP contribution < -0.4 is 5.32 Å². The van der Waals surface area contributed by atoms with Gasteiger partial charge in [0.1, 0.15) is 0 Å². The minimum absolute atomic E-state index is 0.0397. The van der Waals surface area contributed by atoms with Crippen LogP contribution in [-0.2, 0) is 9.53 Å². The Hall–Kier alpha value is -2.66. The van der Waals surface area contributed by atoms with E-state index in [0.29, 0.717) is 11.3 Å². The molecule has 1 aliphatic heterocycles. The van der Waals surface area contributed by atoms with Gasteiger partial charge in [0.2, 0.25) is 0 Å². The van der Waals surface area contributed by atoms with Crippen molar-refractivity contribution in [3.63, 3.8) is 0 Å². The average molecular weight is 338 g/mol. The van der Waals surface area contributed by atoms with E-state index in [9.17, 15) is 9.59 Å². The molecule has 0 unspecified atom stereocenters. The Kier molecular flexibility index (Phi) is 5.46. The van der Waals surface area contributed by atoms with Gasteiger partial charge in [-0.05, 0) is 30.5 Å². The molecule has 0 saturated carbocycles. The fraction of sp³-hybridized carbons (Fsp3) is 0.300. The molecule has 0 bridgehead atoms. The average Bonchev–Trinajstić information content (AvgIpc) is 3.18. The Labute approximate surface area is 147 Å². The van der Waals surface area contributed by atoms with Crippen LogP contribution in [-0.4, -0.2) is 36.9 Å². The second-order valence-electron chi connectivity index (χ2n) is 6.06. The van der Waals surface area contributed by atoms with Crippen LogP contribution in [0.5, 0.6) is 0 Å². The molecule has 1 atom stereocenters. The summed E-state index contributed by atoms with van der Waals surface area (Å²) in [5, 5.41) is 2.85. The summed E-state index contributed by atoms with van der Waals surface area (Å²) in [6.07, 6.45) is 1.33. The number of ether oxygens (including phenoxy) is 1. The van der Waals surface area contributed by atoms with Crippen LogP contribution in [0.3, 0.4) is 0 Å². The molecular weight excluding hydrogens is 316 g/mol. The molecule has 5 nitrogen and oxygen atoms in total. The van der Waals surface area contributed by atoms with Gasteiger partial charge >= 0.3 is 0 Å². The maximum atomic E-state index is 12.7. The van der Waals surface area contributed by atoms with Gasteiger partial charge in [-0.3, -0.25) is 9.59 Å². The second kappa shape index (κ2) is 7.94. The van der Waals surface area contributed by atoms with Gasteiger partial charge in [0.15, 0.2) is 6.10 Å². The maximum Gasteiger partial charge on any atom is 0.258 e. The minimum Gasteiger partial charge on any atom is -0.367 e. The fourth-order valence-electron chi connectivity index (χ4n) is 3.09. The highest BCUT2D eigenvalue weighted by Gasteiger charge is 2.25. The summed E-state index contributed by atoms with van der Waals surface area (Å²) >= 11 is 0. The molecule has 1 saturated heterocycles. The number of carbonyl (C=O) groups excluding carboxylic acids is 2. The number of nitrogens with one attached hydrogen (secondary N) is 1. The van der Waals surface area contributed by atoms with Crippen molar-refractivity contribution >= 4 is 17.5 Å². The topological polar surface area (TPSA) is 58.6 Å². The third-order valence-corrected chi connectivity index (χ3v) is 4.38. The molecule has 2 aromatic rings. The molecule has 1 fully saturated rings. The van der Waals surface area contributed by atoms with E-state index < -0.39 is 6.10 Å². The van der Waals surface area contributed by atoms with Crippen molar-refractivity contribution < 1.29 is 14.3 Å². The third kappa shape index (κ3) is 3.88. The number of hydrogen-bond acceptors (Lipinski definition) is 3. The lowest BCUT2D eigenvalue weighted by molar-refractivity contribution is -0.126. The first-order chi connectivity index (χ1) is 12.2. The van der Waals surface area contributed by atoms with E-state index in [2.05, 4.69) is 5.32 Å². The largest absolute Gasteiger partial charge is 0.367 e. The van der Waals surface area contributed by atoms with Gasteiger partial charge in [-0.2, -0.15) is 0 Å². The summed E-state index contributed by atoms with van der Waals surface area (Å²) in [6.45, 7) is 1.54. The fourth-order valence-corrected chi connectivity index (χ4v) is 3.09. The zero-order chi connectivity index (χ0) is 17.6. The van der Waals surface area contributed by atoms with Crippen molar-refractivity contribution in [1.82, 2.24) is 4.90 Å². The van der Waals surface area contributed by atoms with E-state index in [1.807, 2.05) is 41.3 Å². The first-order valence-corrected chi connectivity index (χ1v) is 8.47. The number of nitrogens with zero attached hydrogens (tertiary/aromatic N) is 1. The Morgan fingerprint density at radius 3 is 2.32 bits per heavy atom. The van der Waals surface area contributed by atoms with Crippen LogP contribution in [0.4, 0.5) is 5.69 Å². The molecule has 130 valence electrons. The summed E-state index contributed by atoms with van der Waals surface area (Å²) in [5.74, 6) is -0.336. The predicted octanol–water partition coefficient (Wildman–Crippen LogP) is 3.25. The molecular formula is C20H22N2O3. The highest BCUT2D eigenvalue weighted by molar-refractivity contribution is 6.04. The van der Waals surface area contributed by atoms with Crippen LogP contribution in [0.1, 0.15) is 34.9 Å². The summed E-state index contributed by atoms with van der Waals surface area (Å²) in [6, 6.07) is 16.4. The van der Waals surface area contributed by atoms with Crippen molar-refractivity contribution in [1.29, 1.82) is 0 Å². The van der Waals surface area contributed by atoms with Gasteiger partial charge < -0.3 is 15.0 Å². The van der Waals surface area contributed by atoms with E-state index in [-0.39, 0.29) is 11.8 Å². The van der Waals surface area contributed by atoms with Crippen LogP contribution in [0.25, 0.3) is 0 Å². The van der Waals surface area contributed by atoms with Gasteiger partial charge in [0.05, 0.1) is 11.3 Å². The number of amides is 2. The summed E-state index contributed by atoms with van der Waals surface area (Å²) in [5.41, 5.74) is 1.80. The van der Waals surface area contributed by atoms with Gasteiger partial charge in [-0.1, -0.05) is 42.5 Å². The Morgan fingerprint density at radius 2 is 1.64 bits per heavy atom. The zero-order valence-electron chi connectivity index (χ0n) is 14.3. The highest BCUT2D eigenvalue weighted by Crippen LogP contribution is 2.23. The molecule has 0 aromatic heterocycles. The number of anilines is 1. The smallest absolute Gasteiger partial charge is 0.258 e.